The van der Waals surface area contributed by atoms with E-state index >= 15 is 0 Å². The molecule has 4 aliphatic carbocycles. The first-order valence-corrected chi connectivity index (χ1v) is 12.9. The van der Waals surface area contributed by atoms with Crippen LogP contribution >= 0.6 is 0 Å². The number of rotatable bonds is 4. The van der Waals surface area contributed by atoms with E-state index in [1.54, 1.807) is 0 Å². The molecule has 0 aromatic heterocycles. The molecule has 2 unspecified atom stereocenters. The van der Waals surface area contributed by atoms with Crippen LogP contribution in [0.1, 0.15) is 91.9 Å². The third-order valence-electron chi connectivity index (χ3n) is 11.0. The highest BCUT2D eigenvalue weighted by Gasteiger charge is 2.64. The molecule has 0 aromatic carbocycles. The first kappa shape index (κ1) is 20.6. The molecule has 164 valence electrons. The number of hydrogen-bond donors (Lipinski definition) is 1. The van der Waals surface area contributed by atoms with E-state index < -0.39 is 0 Å². The van der Waals surface area contributed by atoms with Crippen molar-refractivity contribution in [2.75, 3.05) is 6.54 Å². The molecule has 1 aliphatic heterocycles. The van der Waals surface area contributed by atoms with Gasteiger partial charge in [0.2, 0.25) is 0 Å². The van der Waals surface area contributed by atoms with Gasteiger partial charge in [-0.2, -0.15) is 0 Å². The minimum atomic E-state index is 0.475. The molecule has 0 bridgehead atoms. The molecule has 3 saturated carbocycles. The molecule has 1 heterocycles. The van der Waals surface area contributed by atoms with Crippen molar-refractivity contribution in [3.8, 4) is 0 Å². The molecule has 2 N–H and O–H groups in total. The second kappa shape index (κ2) is 7.37. The first-order chi connectivity index (χ1) is 13.9. The van der Waals surface area contributed by atoms with Gasteiger partial charge < -0.3 is 10.5 Å². The van der Waals surface area contributed by atoms with Crippen molar-refractivity contribution >= 4 is 0 Å². The van der Waals surface area contributed by atoms with Crippen LogP contribution in [-0.4, -0.2) is 18.8 Å². The van der Waals surface area contributed by atoms with Gasteiger partial charge in [0.25, 0.3) is 0 Å². The van der Waals surface area contributed by atoms with E-state index in [0.29, 0.717) is 29.0 Å². The lowest BCUT2D eigenvalue weighted by molar-refractivity contribution is -0.0520. The second-order valence-corrected chi connectivity index (χ2v) is 12.3. The SMILES string of the molecule is CC(CN)CCC1O[C@H]2C[C@H]3[C@@H]4CC=C5CCCC[C@]5(C)[C@H]4CC[C@]3(C)[C@H]2[C@@H]1C. The molecule has 10 atom stereocenters. The molecule has 0 aromatic rings. The standard InChI is InChI=1S/C27H45NO/c1-17(16-28)8-11-23-18(2)25-24(29-23)15-22-20-10-9-19-7-5-6-13-26(19,3)21(20)12-14-27(22,25)4/h9,17-18,20-25H,5-8,10-16,28H2,1-4H3/t17?,18-,20-,21+,22+,23?,24+,25+,26+,27+/m1/s1. The lowest BCUT2D eigenvalue weighted by Crippen LogP contribution is -2.50. The van der Waals surface area contributed by atoms with Gasteiger partial charge in [-0.3, -0.25) is 0 Å². The van der Waals surface area contributed by atoms with Gasteiger partial charge >= 0.3 is 0 Å². The molecule has 29 heavy (non-hydrogen) atoms. The highest BCUT2D eigenvalue weighted by atomic mass is 16.5. The summed E-state index contributed by atoms with van der Waals surface area (Å²) in [5.74, 6) is 4.88. The Bertz CT molecular complexity index is 657. The van der Waals surface area contributed by atoms with Crippen molar-refractivity contribution < 1.29 is 4.74 Å². The smallest absolute Gasteiger partial charge is 0.0618 e. The topological polar surface area (TPSA) is 35.2 Å². The van der Waals surface area contributed by atoms with Crippen molar-refractivity contribution in [1.29, 1.82) is 0 Å². The van der Waals surface area contributed by atoms with Crippen molar-refractivity contribution in [1.82, 2.24) is 0 Å². The maximum atomic E-state index is 6.80. The lowest BCUT2D eigenvalue weighted by Gasteiger charge is -2.58. The van der Waals surface area contributed by atoms with Crippen molar-refractivity contribution in [3.05, 3.63) is 11.6 Å². The first-order valence-electron chi connectivity index (χ1n) is 12.9. The Morgan fingerprint density at radius 2 is 2.03 bits per heavy atom. The van der Waals surface area contributed by atoms with E-state index in [-0.39, 0.29) is 0 Å². The van der Waals surface area contributed by atoms with E-state index in [1.807, 2.05) is 5.57 Å². The predicted molar refractivity (Wildman–Crippen MR) is 120 cm³/mol. The van der Waals surface area contributed by atoms with Gasteiger partial charge in [0.05, 0.1) is 12.2 Å². The van der Waals surface area contributed by atoms with Gasteiger partial charge in [0.15, 0.2) is 0 Å². The fourth-order valence-corrected chi connectivity index (χ4v) is 9.28. The Morgan fingerprint density at radius 1 is 1.21 bits per heavy atom. The Morgan fingerprint density at radius 3 is 2.83 bits per heavy atom. The van der Waals surface area contributed by atoms with Crippen molar-refractivity contribution in [2.24, 2.45) is 52.1 Å². The van der Waals surface area contributed by atoms with Crippen LogP contribution in [0.2, 0.25) is 0 Å². The van der Waals surface area contributed by atoms with Gasteiger partial charge in [-0.25, -0.2) is 0 Å². The fourth-order valence-electron chi connectivity index (χ4n) is 9.28. The molecule has 0 amide bonds. The summed E-state index contributed by atoms with van der Waals surface area (Å²) in [6, 6.07) is 0. The average Bonchev–Trinajstić information content (AvgIpc) is 3.19. The number of nitrogens with two attached hydrogens (primary N) is 1. The molecule has 4 fully saturated rings. The van der Waals surface area contributed by atoms with Crippen LogP contribution in [0.15, 0.2) is 11.6 Å². The van der Waals surface area contributed by atoms with Crippen LogP contribution in [0.5, 0.6) is 0 Å². The monoisotopic (exact) mass is 399 g/mol. The van der Waals surface area contributed by atoms with Crippen LogP contribution in [-0.2, 0) is 4.74 Å². The maximum absolute atomic E-state index is 6.80. The van der Waals surface area contributed by atoms with E-state index in [9.17, 15) is 0 Å². The van der Waals surface area contributed by atoms with Crippen molar-refractivity contribution in [2.45, 2.75) is 104 Å². The number of fused-ring (bicyclic) bond motifs is 7. The normalized spacial score (nSPS) is 52.2. The van der Waals surface area contributed by atoms with Crippen LogP contribution in [0, 0.1) is 46.3 Å². The number of hydrogen-bond acceptors (Lipinski definition) is 2. The summed E-state index contributed by atoms with van der Waals surface area (Å²) in [5, 5.41) is 0. The van der Waals surface area contributed by atoms with Gasteiger partial charge in [-0.1, -0.05) is 45.8 Å². The molecule has 2 heteroatoms. The lowest BCUT2D eigenvalue weighted by atomic mass is 9.47. The zero-order valence-electron chi connectivity index (χ0n) is 19.5. The molecule has 2 nitrogen and oxygen atoms in total. The summed E-state index contributed by atoms with van der Waals surface area (Å²) in [4.78, 5) is 0. The minimum Gasteiger partial charge on any atom is -0.374 e. The average molecular weight is 400 g/mol. The molecular weight excluding hydrogens is 354 g/mol. The summed E-state index contributed by atoms with van der Waals surface area (Å²) in [5.41, 5.74) is 8.74. The summed E-state index contributed by atoms with van der Waals surface area (Å²) in [6.07, 6.45) is 17.5. The highest BCUT2D eigenvalue weighted by Crippen LogP contribution is 2.69. The Kier molecular flexibility index (Phi) is 5.22. The Balaban J connectivity index is 1.35. The molecule has 5 aliphatic rings. The van der Waals surface area contributed by atoms with E-state index in [1.165, 1.54) is 64.2 Å². The fraction of sp³-hybridized carbons (Fsp3) is 0.926. The third kappa shape index (κ3) is 3.02. The zero-order valence-corrected chi connectivity index (χ0v) is 19.5. The quantitative estimate of drug-likeness (QED) is 0.559. The summed E-state index contributed by atoms with van der Waals surface area (Å²) in [6.45, 7) is 10.9. The summed E-state index contributed by atoms with van der Waals surface area (Å²) >= 11 is 0. The third-order valence-corrected chi connectivity index (χ3v) is 11.0. The largest absolute Gasteiger partial charge is 0.374 e. The van der Waals surface area contributed by atoms with Gasteiger partial charge in [-0.15, -0.1) is 0 Å². The Hall–Kier alpha value is -0.340. The molecule has 5 rings (SSSR count). The van der Waals surface area contributed by atoms with E-state index in [2.05, 4.69) is 33.8 Å². The zero-order chi connectivity index (χ0) is 20.4. The maximum Gasteiger partial charge on any atom is 0.0618 e. The molecule has 0 radical (unpaired) electrons. The molecular formula is C27H45NO. The van der Waals surface area contributed by atoms with E-state index in [0.717, 1.165) is 36.1 Å². The molecule has 1 saturated heterocycles. The molecule has 0 spiro atoms. The van der Waals surface area contributed by atoms with E-state index in [4.69, 9.17) is 10.5 Å². The van der Waals surface area contributed by atoms with Crippen LogP contribution in [0.4, 0.5) is 0 Å². The highest BCUT2D eigenvalue weighted by molar-refractivity contribution is 5.25. The van der Waals surface area contributed by atoms with Crippen molar-refractivity contribution in [3.63, 3.8) is 0 Å². The second-order valence-electron chi connectivity index (χ2n) is 12.3. The summed E-state index contributed by atoms with van der Waals surface area (Å²) in [7, 11) is 0. The minimum absolute atomic E-state index is 0.475. The van der Waals surface area contributed by atoms with Gasteiger partial charge in [-0.05, 0) is 111 Å². The van der Waals surface area contributed by atoms with Gasteiger partial charge in [0.1, 0.15) is 0 Å². The van der Waals surface area contributed by atoms with Gasteiger partial charge in [0, 0.05) is 0 Å². The predicted octanol–water partition coefficient (Wildman–Crippen LogP) is 6.34. The van der Waals surface area contributed by atoms with Crippen LogP contribution < -0.4 is 5.73 Å². The van der Waals surface area contributed by atoms with Crippen LogP contribution in [0.25, 0.3) is 0 Å². The number of ether oxygens (including phenoxy) is 1. The summed E-state index contributed by atoms with van der Waals surface area (Å²) < 4.78 is 6.80. The Labute approximate surface area is 179 Å². The van der Waals surface area contributed by atoms with Crippen LogP contribution in [0.3, 0.4) is 0 Å². The number of allylic oxidation sites excluding steroid dienone is 2.